The minimum Gasteiger partial charge on any atom is -0.484 e. The molecule has 0 aromatic heterocycles. The number of amides is 1. The maximum Gasteiger partial charge on any atom is 0.305 e. The quantitative estimate of drug-likeness (QED) is 0.633. The maximum absolute atomic E-state index is 13.4. The van der Waals surface area contributed by atoms with Crippen LogP contribution in [-0.4, -0.2) is 29.5 Å². The molecule has 0 radical (unpaired) electrons. The Balaban J connectivity index is 1.81. The number of rotatable bonds is 5. The second-order valence-corrected chi connectivity index (χ2v) is 5.34. The number of nitro groups is 1. The predicted octanol–water partition coefficient (Wildman–Crippen LogP) is 1.50. The summed E-state index contributed by atoms with van der Waals surface area (Å²) in [5, 5.41) is 13.3. The molecule has 22 heavy (non-hydrogen) atoms. The molecule has 1 amide bonds. The molecule has 120 valence electrons. The minimum atomic E-state index is -0.996. The molecule has 0 saturated heterocycles. The zero-order valence-electron chi connectivity index (χ0n) is 12.0. The van der Waals surface area contributed by atoms with E-state index >= 15 is 0 Å². The van der Waals surface area contributed by atoms with Gasteiger partial charge in [-0.25, -0.2) is 0 Å². The van der Waals surface area contributed by atoms with Crippen molar-refractivity contribution in [3.05, 3.63) is 34.1 Å². The normalized spacial score (nSPS) is 21.2. The van der Waals surface area contributed by atoms with Crippen LogP contribution in [0.1, 0.15) is 25.7 Å². The molecule has 1 fully saturated rings. The summed E-state index contributed by atoms with van der Waals surface area (Å²) in [4.78, 5) is 21.4. The molecule has 0 heterocycles. The molecule has 0 unspecified atom stereocenters. The number of nitro benzene ring substituents is 1. The Morgan fingerprint density at radius 2 is 2.09 bits per heavy atom. The van der Waals surface area contributed by atoms with Gasteiger partial charge in [0.15, 0.2) is 6.61 Å². The van der Waals surface area contributed by atoms with Gasteiger partial charge in [0.05, 0.1) is 4.92 Å². The van der Waals surface area contributed by atoms with Crippen LogP contribution < -0.4 is 15.8 Å². The number of hydrogen-bond acceptors (Lipinski definition) is 5. The molecule has 0 bridgehead atoms. The molecular weight excluding hydrogens is 293 g/mol. The van der Waals surface area contributed by atoms with E-state index in [1.165, 1.54) is 6.07 Å². The van der Waals surface area contributed by atoms with Gasteiger partial charge in [0.25, 0.3) is 5.91 Å². The van der Waals surface area contributed by atoms with Gasteiger partial charge in [0, 0.05) is 24.2 Å². The fourth-order valence-corrected chi connectivity index (χ4v) is 2.41. The first kappa shape index (κ1) is 16.2. The van der Waals surface area contributed by atoms with Crippen LogP contribution in [0.4, 0.5) is 10.1 Å². The third-order valence-electron chi connectivity index (χ3n) is 3.62. The summed E-state index contributed by atoms with van der Waals surface area (Å²) >= 11 is 0. The number of nitrogens with zero attached hydrogens (tertiary/aromatic N) is 1. The van der Waals surface area contributed by atoms with Gasteiger partial charge in [-0.05, 0) is 31.7 Å². The van der Waals surface area contributed by atoms with Gasteiger partial charge >= 0.3 is 5.69 Å². The molecule has 7 nitrogen and oxygen atoms in total. The van der Waals surface area contributed by atoms with Gasteiger partial charge in [-0.1, -0.05) is 0 Å². The molecule has 1 saturated carbocycles. The summed E-state index contributed by atoms with van der Waals surface area (Å²) in [7, 11) is 0. The van der Waals surface area contributed by atoms with E-state index in [0.29, 0.717) is 0 Å². The summed E-state index contributed by atoms with van der Waals surface area (Å²) in [6.07, 6.45) is 3.41. The highest BCUT2D eigenvalue weighted by Crippen LogP contribution is 2.22. The fraction of sp³-hybridized carbons (Fsp3) is 0.500. The number of ether oxygens (including phenoxy) is 1. The first-order valence-corrected chi connectivity index (χ1v) is 7.07. The monoisotopic (exact) mass is 311 g/mol. The highest BCUT2D eigenvalue weighted by molar-refractivity contribution is 5.77. The Morgan fingerprint density at radius 3 is 2.68 bits per heavy atom. The highest BCUT2D eigenvalue weighted by atomic mass is 19.1. The Labute approximate surface area is 126 Å². The van der Waals surface area contributed by atoms with Gasteiger partial charge in [-0.15, -0.1) is 0 Å². The van der Waals surface area contributed by atoms with Crippen LogP contribution in [0.5, 0.6) is 5.75 Å². The van der Waals surface area contributed by atoms with E-state index in [-0.39, 0.29) is 30.3 Å². The molecule has 0 atom stereocenters. The Bertz CT molecular complexity index is 559. The van der Waals surface area contributed by atoms with Gasteiger partial charge in [-0.2, -0.15) is 4.39 Å². The fourth-order valence-electron chi connectivity index (χ4n) is 2.41. The first-order chi connectivity index (χ1) is 10.5. The number of halogens is 1. The number of carbonyl (C=O) groups is 1. The van der Waals surface area contributed by atoms with Gasteiger partial charge in [0.1, 0.15) is 5.75 Å². The smallest absolute Gasteiger partial charge is 0.305 e. The standard InChI is InChI=1S/C14H18FN3O4/c15-12-7-11(5-6-13(12)18(20)21)22-8-14(19)17-10-3-1-9(16)2-4-10/h5-7,9-10H,1-4,8,16H2,(H,17,19). The molecule has 0 spiro atoms. The van der Waals surface area contributed by atoms with Crippen LogP contribution in [0.15, 0.2) is 18.2 Å². The van der Waals surface area contributed by atoms with E-state index in [1.54, 1.807) is 0 Å². The van der Waals surface area contributed by atoms with Gasteiger partial charge < -0.3 is 15.8 Å². The molecular formula is C14H18FN3O4. The zero-order chi connectivity index (χ0) is 16.1. The lowest BCUT2D eigenvalue weighted by Gasteiger charge is -2.26. The van der Waals surface area contributed by atoms with Crippen molar-refractivity contribution in [2.75, 3.05) is 6.61 Å². The number of nitrogens with two attached hydrogens (primary N) is 1. The number of benzene rings is 1. The van der Waals surface area contributed by atoms with Gasteiger partial charge in [-0.3, -0.25) is 14.9 Å². The zero-order valence-corrected chi connectivity index (χ0v) is 12.0. The van der Waals surface area contributed by atoms with E-state index in [4.69, 9.17) is 10.5 Å². The van der Waals surface area contributed by atoms with Crippen molar-refractivity contribution in [3.63, 3.8) is 0 Å². The summed E-state index contributed by atoms with van der Waals surface area (Å²) in [6, 6.07) is 3.45. The summed E-state index contributed by atoms with van der Waals surface area (Å²) in [5.41, 5.74) is 5.16. The number of nitrogens with one attached hydrogen (secondary N) is 1. The summed E-state index contributed by atoms with van der Waals surface area (Å²) < 4.78 is 18.5. The lowest BCUT2D eigenvalue weighted by atomic mass is 9.92. The van der Waals surface area contributed by atoms with Crippen molar-refractivity contribution in [1.29, 1.82) is 0 Å². The number of hydrogen-bond donors (Lipinski definition) is 2. The topological polar surface area (TPSA) is 107 Å². The van der Waals surface area contributed by atoms with Crippen LogP contribution in [0.3, 0.4) is 0 Å². The van der Waals surface area contributed by atoms with Crippen LogP contribution >= 0.6 is 0 Å². The van der Waals surface area contributed by atoms with Crippen molar-refractivity contribution in [3.8, 4) is 5.75 Å². The van der Waals surface area contributed by atoms with Crippen molar-refractivity contribution >= 4 is 11.6 Å². The van der Waals surface area contributed by atoms with Crippen molar-refractivity contribution in [2.24, 2.45) is 5.73 Å². The molecule has 1 aliphatic rings. The van der Waals surface area contributed by atoms with Crippen molar-refractivity contribution in [1.82, 2.24) is 5.32 Å². The Hall–Kier alpha value is -2.22. The maximum atomic E-state index is 13.4. The lowest BCUT2D eigenvalue weighted by molar-refractivity contribution is -0.387. The molecule has 8 heteroatoms. The third-order valence-corrected chi connectivity index (χ3v) is 3.62. The Morgan fingerprint density at radius 1 is 1.41 bits per heavy atom. The van der Waals surface area contributed by atoms with Crippen LogP contribution in [0.25, 0.3) is 0 Å². The van der Waals surface area contributed by atoms with E-state index in [2.05, 4.69) is 5.32 Å². The summed E-state index contributed by atoms with van der Waals surface area (Å²) in [6.45, 7) is -0.264. The highest BCUT2D eigenvalue weighted by Gasteiger charge is 2.20. The SMILES string of the molecule is NC1CCC(NC(=O)COc2ccc([N+](=O)[O-])c(F)c2)CC1. The molecule has 1 aromatic rings. The van der Waals surface area contributed by atoms with Crippen LogP contribution in [-0.2, 0) is 4.79 Å². The van der Waals surface area contributed by atoms with E-state index in [9.17, 15) is 19.3 Å². The first-order valence-electron chi connectivity index (χ1n) is 7.07. The average molecular weight is 311 g/mol. The van der Waals surface area contributed by atoms with E-state index < -0.39 is 16.4 Å². The average Bonchev–Trinajstić information content (AvgIpc) is 2.47. The molecule has 3 N–H and O–H groups in total. The molecule has 2 rings (SSSR count). The van der Waals surface area contributed by atoms with Crippen molar-refractivity contribution in [2.45, 2.75) is 37.8 Å². The predicted molar refractivity (Wildman–Crippen MR) is 76.9 cm³/mol. The van der Waals surface area contributed by atoms with Gasteiger partial charge in [0.2, 0.25) is 5.82 Å². The minimum absolute atomic E-state index is 0.0731. The number of carbonyl (C=O) groups excluding carboxylic acids is 1. The Kier molecular flexibility index (Phi) is 5.26. The molecule has 1 aliphatic carbocycles. The van der Waals surface area contributed by atoms with E-state index in [0.717, 1.165) is 37.8 Å². The van der Waals surface area contributed by atoms with Crippen molar-refractivity contribution < 1.29 is 18.8 Å². The van der Waals surface area contributed by atoms with Crippen LogP contribution in [0, 0.1) is 15.9 Å². The third kappa shape index (κ3) is 4.39. The van der Waals surface area contributed by atoms with Crippen LogP contribution in [0.2, 0.25) is 0 Å². The largest absolute Gasteiger partial charge is 0.484 e. The second-order valence-electron chi connectivity index (χ2n) is 5.34. The lowest BCUT2D eigenvalue weighted by Crippen LogP contribution is -2.42. The van der Waals surface area contributed by atoms with E-state index in [1.807, 2.05) is 0 Å². The summed E-state index contributed by atoms with van der Waals surface area (Å²) in [5.74, 6) is -1.23. The second kappa shape index (κ2) is 7.17. The molecule has 1 aromatic carbocycles. The molecule has 0 aliphatic heterocycles.